The summed E-state index contributed by atoms with van der Waals surface area (Å²) in [5.74, 6) is 0.889. The maximum Gasteiger partial charge on any atom is 0.193 e. The Hall–Kier alpha value is -1.57. The van der Waals surface area contributed by atoms with E-state index in [9.17, 15) is 0 Å². The molecular formula is C15H22IN5. The van der Waals surface area contributed by atoms with E-state index in [1.165, 1.54) is 5.56 Å². The largest absolute Gasteiger partial charge is 0.370 e. The summed E-state index contributed by atoms with van der Waals surface area (Å²) in [6.45, 7) is 4.80. The van der Waals surface area contributed by atoms with Crippen molar-refractivity contribution in [2.75, 3.05) is 5.32 Å². The molecule has 1 heterocycles. The number of nitrogens with one attached hydrogen (secondary N) is 1. The highest BCUT2D eigenvalue weighted by Crippen LogP contribution is 2.18. The standard InChI is InChI=1S/C15H21N5.HI/c1-11(2)12-5-4-6-13(9-12)18-15(16)17-10-14-7-8-20(3)19-14;/h4-9,11H,10H2,1-3H3,(H3,16,17,18);1H. The van der Waals surface area contributed by atoms with Gasteiger partial charge in [-0.25, -0.2) is 4.99 Å². The normalized spacial score (nSPS) is 11.3. The first kappa shape index (κ1) is 17.5. The molecule has 21 heavy (non-hydrogen) atoms. The van der Waals surface area contributed by atoms with Crippen LogP contribution in [0.5, 0.6) is 0 Å². The minimum atomic E-state index is 0. The Bertz CT molecular complexity index is 604. The van der Waals surface area contributed by atoms with Gasteiger partial charge >= 0.3 is 0 Å². The van der Waals surface area contributed by atoms with Gasteiger partial charge in [0, 0.05) is 18.9 Å². The molecular weight excluding hydrogens is 377 g/mol. The van der Waals surface area contributed by atoms with Crippen LogP contribution in [0.25, 0.3) is 0 Å². The average molecular weight is 399 g/mol. The summed E-state index contributed by atoms with van der Waals surface area (Å²) in [5, 5.41) is 7.36. The third-order valence-corrected chi connectivity index (χ3v) is 3.01. The molecule has 5 nitrogen and oxygen atoms in total. The van der Waals surface area contributed by atoms with Gasteiger partial charge in [0.15, 0.2) is 5.96 Å². The summed E-state index contributed by atoms with van der Waals surface area (Å²) in [5.41, 5.74) is 9.02. The Morgan fingerprint density at radius 1 is 1.38 bits per heavy atom. The second-order valence-electron chi connectivity index (χ2n) is 5.09. The summed E-state index contributed by atoms with van der Waals surface area (Å²) in [7, 11) is 1.88. The van der Waals surface area contributed by atoms with Crippen LogP contribution in [0, 0.1) is 0 Å². The minimum Gasteiger partial charge on any atom is -0.370 e. The van der Waals surface area contributed by atoms with Crippen LogP contribution in [0.2, 0.25) is 0 Å². The molecule has 0 unspecified atom stereocenters. The van der Waals surface area contributed by atoms with E-state index in [1.54, 1.807) is 4.68 Å². The quantitative estimate of drug-likeness (QED) is 0.472. The first-order chi connectivity index (χ1) is 9.54. The van der Waals surface area contributed by atoms with E-state index in [2.05, 4.69) is 41.4 Å². The van der Waals surface area contributed by atoms with E-state index in [0.29, 0.717) is 18.4 Å². The molecule has 0 fully saturated rings. The number of anilines is 1. The molecule has 0 radical (unpaired) electrons. The van der Waals surface area contributed by atoms with E-state index in [0.717, 1.165) is 11.4 Å². The molecule has 2 rings (SSSR count). The van der Waals surface area contributed by atoms with Gasteiger partial charge in [0.25, 0.3) is 0 Å². The van der Waals surface area contributed by atoms with Gasteiger partial charge in [-0.3, -0.25) is 4.68 Å². The molecule has 1 aromatic carbocycles. The van der Waals surface area contributed by atoms with Crippen LogP contribution < -0.4 is 11.1 Å². The molecule has 2 aromatic rings. The summed E-state index contributed by atoms with van der Waals surface area (Å²) >= 11 is 0. The summed E-state index contributed by atoms with van der Waals surface area (Å²) in [4.78, 5) is 4.29. The molecule has 0 atom stereocenters. The van der Waals surface area contributed by atoms with Gasteiger partial charge in [0.1, 0.15) is 0 Å². The van der Waals surface area contributed by atoms with Crippen molar-refractivity contribution in [2.24, 2.45) is 17.8 Å². The highest BCUT2D eigenvalue weighted by molar-refractivity contribution is 14.0. The SMILES string of the molecule is CC(C)c1cccc(NC(N)=NCc2ccn(C)n2)c1.I. The maximum atomic E-state index is 5.89. The fourth-order valence-corrected chi connectivity index (χ4v) is 1.88. The van der Waals surface area contributed by atoms with Gasteiger partial charge < -0.3 is 11.1 Å². The topological polar surface area (TPSA) is 68.2 Å². The van der Waals surface area contributed by atoms with E-state index >= 15 is 0 Å². The zero-order valence-corrected chi connectivity index (χ0v) is 14.9. The maximum absolute atomic E-state index is 5.89. The second kappa shape index (κ2) is 8.02. The van der Waals surface area contributed by atoms with E-state index in [-0.39, 0.29) is 24.0 Å². The first-order valence-corrected chi connectivity index (χ1v) is 6.70. The molecule has 0 bridgehead atoms. The Balaban J connectivity index is 0.00000220. The lowest BCUT2D eigenvalue weighted by atomic mass is 10.0. The molecule has 6 heteroatoms. The smallest absolute Gasteiger partial charge is 0.193 e. The highest BCUT2D eigenvalue weighted by atomic mass is 127. The van der Waals surface area contributed by atoms with Gasteiger partial charge in [-0.2, -0.15) is 5.10 Å². The Kier molecular flexibility index (Phi) is 6.67. The monoisotopic (exact) mass is 399 g/mol. The third kappa shape index (κ3) is 5.37. The average Bonchev–Trinajstić information content (AvgIpc) is 2.82. The summed E-state index contributed by atoms with van der Waals surface area (Å²) in [6.07, 6.45) is 1.89. The number of rotatable bonds is 4. The van der Waals surface area contributed by atoms with Crippen LogP contribution in [-0.2, 0) is 13.6 Å². The zero-order valence-electron chi connectivity index (χ0n) is 12.6. The van der Waals surface area contributed by atoms with Crippen molar-refractivity contribution in [3.8, 4) is 0 Å². The van der Waals surface area contributed by atoms with Crippen molar-refractivity contribution in [3.05, 3.63) is 47.8 Å². The van der Waals surface area contributed by atoms with Crippen molar-refractivity contribution < 1.29 is 0 Å². The Morgan fingerprint density at radius 3 is 2.76 bits per heavy atom. The second-order valence-corrected chi connectivity index (χ2v) is 5.09. The number of aromatic nitrogens is 2. The molecule has 0 saturated heterocycles. The van der Waals surface area contributed by atoms with Crippen molar-refractivity contribution >= 4 is 35.6 Å². The fraction of sp³-hybridized carbons (Fsp3) is 0.333. The van der Waals surface area contributed by atoms with Gasteiger partial charge in [-0.05, 0) is 29.7 Å². The van der Waals surface area contributed by atoms with Crippen molar-refractivity contribution in [1.29, 1.82) is 0 Å². The molecule has 0 aliphatic rings. The molecule has 1 aromatic heterocycles. The first-order valence-electron chi connectivity index (χ1n) is 6.70. The highest BCUT2D eigenvalue weighted by Gasteiger charge is 2.01. The van der Waals surface area contributed by atoms with Crippen molar-refractivity contribution in [3.63, 3.8) is 0 Å². The molecule has 0 aliphatic heterocycles. The number of nitrogens with zero attached hydrogens (tertiary/aromatic N) is 3. The van der Waals surface area contributed by atoms with Crippen LogP contribution in [-0.4, -0.2) is 15.7 Å². The number of hydrogen-bond acceptors (Lipinski definition) is 2. The van der Waals surface area contributed by atoms with E-state index in [1.807, 2.05) is 31.4 Å². The van der Waals surface area contributed by atoms with E-state index < -0.39 is 0 Å². The van der Waals surface area contributed by atoms with Crippen LogP contribution in [0.1, 0.15) is 31.0 Å². The molecule has 0 amide bonds. The van der Waals surface area contributed by atoms with Gasteiger partial charge in [0.2, 0.25) is 0 Å². The minimum absolute atomic E-state index is 0. The van der Waals surface area contributed by atoms with Gasteiger partial charge in [0.05, 0.1) is 12.2 Å². The predicted molar refractivity (Wildman–Crippen MR) is 98.1 cm³/mol. The Labute approximate surface area is 142 Å². The number of nitrogens with two attached hydrogens (primary N) is 1. The van der Waals surface area contributed by atoms with E-state index in [4.69, 9.17) is 5.73 Å². The number of guanidine groups is 1. The van der Waals surface area contributed by atoms with Crippen molar-refractivity contribution in [2.45, 2.75) is 26.3 Å². The Morgan fingerprint density at radius 2 is 2.14 bits per heavy atom. The van der Waals surface area contributed by atoms with Crippen LogP contribution in [0.15, 0.2) is 41.5 Å². The number of benzene rings is 1. The number of hydrogen-bond donors (Lipinski definition) is 2. The van der Waals surface area contributed by atoms with Gasteiger partial charge in [-0.15, -0.1) is 24.0 Å². The summed E-state index contributed by atoms with van der Waals surface area (Å²) < 4.78 is 1.75. The third-order valence-electron chi connectivity index (χ3n) is 3.01. The molecule has 0 aliphatic carbocycles. The lowest BCUT2D eigenvalue weighted by Gasteiger charge is -2.09. The fourth-order valence-electron chi connectivity index (χ4n) is 1.88. The molecule has 3 N–H and O–H groups in total. The van der Waals surface area contributed by atoms with Crippen LogP contribution in [0.4, 0.5) is 5.69 Å². The van der Waals surface area contributed by atoms with Crippen molar-refractivity contribution in [1.82, 2.24) is 9.78 Å². The van der Waals surface area contributed by atoms with Crippen LogP contribution >= 0.6 is 24.0 Å². The summed E-state index contributed by atoms with van der Waals surface area (Å²) in [6, 6.07) is 10.1. The lowest BCUT2D eigenvalue weighted by Crippen LogP contribution is -2.22. The van der Waals surface area contributed by atoms with Gasteiger partial charge in [-0.1, -0.05) is 26.0 Å². The molecule has 114 valence electrons. The zero-order chi connectivity index (χ0) is 14.5. The molecule has 0 saturated carbocycles. The van der Waals surface area contributed by atoms with Crippen LogP contribution in [0.3, 0.4) is 0 Å². The predicted octanol–water partition coefficient (Wildman–Crippen LogP) is 3.09. The number of aliphatic imine (C=N–C) groups is 1. The lowest BCUT2D eigenvalue weighted by molar-refractivity contribution is 0.743. The number of aryl methyl sites for hydroxylation is 1. The molecule has 0 spiro atoms. The number of halogens is 1.